The van der Waals surface area contributed by atoms with Gasteiger partial charge in [-0.05, 0) is 56.0 Å². The Bertz CT molecular complexity index is 178. The molecule has 1 nitrogen and oxygen atoms in total. The molecule has 0 bridgehead atoms. The van der Waals surface area contributed by atoms with E-state index in [-0.39, 0.29) is 0 Å². The molecule has 0 saturated heterocycles. The maximum Gasteiger partial charge on any atom is -0.00178 e. The topological polar surface area (TPSA) is 12.0 Å². The third kappa shape index (κ3) is 4.08. The van der Waals surface area contributed by atoms with E-state index < -0.39 is 0 Å². The van der Waals surface area contributed by atoms with Crippen molar-refractivity contribution in [1.29, 1.82) is 0 Å². The lowest BCUT2D eigenvalue weighted by Crippen LogP contribution is -2.35. The van der Waals surface area contributed by atoms with Gasteiger partial charge in [-0.15, -0.1) is 0 Å². The molecule has 4 atom stereocenters. The van der Waals surface area contributed by atoms with Crippen molar-refractivity contribution in [2.75, 3.05) is 13.1 Å². The highest BCUT2D eigenvalue weighted by molar-refractivity contribution is 4.82. The van der Waals surface area contributed by atoms with Crippen molar-refractivity contribution in [1.82, 2.24) is 5.32 Å². The molecule has 1 heteroatoms. The van der Waals surface area contributed by atoms with E-state index >= 15 is 0 Å². The molecule has 1 aliphatic carbocycles. The zero-order valence-electron chi connectivity index (χ0n) is 11.8. The van der Waals surface area contributed by atoms with Gasteiger partial charge < -0.3 is 5.32 Å². The highest BCUT2D eigenvalue weighted by Gasteiger charge is 2.31. The summed E-state index contributed by atoms with van der Waals surface area (Å²) in [6.07, 6.45) is 6.98. The molecular formula is C15H31N. The van der Waals surface area contributed by atoms with Gasteiger partial charge in [0.2, 0.25) is 0 Å². The van der Waals surface area contributed by atoms with Gasteiger partial charge in [-0.1, -0.05) is 40.5 Å². The third-order valence-electron chi connectivity index (χ3n) is 4.52. The predicted octanol–water partition coefficient (Wildman–Crippen LogP) is 4.08. The minimum absolute atomic E-state index is 0.913. The summed E-state index contributed by atoms with van der Waals surface area (Å²) >= 11 is 0. The van der Waals surface area contributed by atoms with Gasteiger partial charge in [0.1, 0.15) is 0 Å². The van der Waals surface area contributed by atoms with Gasteiger partial charge in [0.25, 0.3) is 0 Å². The Morgan fingerprint density at radius 1 is 1.25 bits per heavy atom. The number of rotatable bonds is 6. The molecular weight excluding hydrogens is 194 g/mol. The van der Waals surface area contributed by atoms with E-state index in [0.29, 0.717) is 0 Å². The molecule has 0 spiro atoms. The molecule has 96 valence electrons. The van der Waals surface area contributed by atoms with Crippen molar-refractivity contribution in [2.24, 2.45) is 23.7 Å². The lowest BCUT2D eigenvalue weighted by Gasteiger charge is -2.38. The van der Waals surface area contributed by atoms with Gasteiger partial charge in [0.05, 0.1) is 0 Å². The van der Waals surface area contributed by atoms with Gasteiger partial charge in [0.15, 0.2) is 0 Å². The van der Waals surface area contributed by atoms with Crippen LogP contribution in [0.1, 0.15) is 59.8 Å². The summed E-state index contributed by atoms with van der Waals surface area (Å²) in [5, 5.41) is 3.63. The zero-order valence-corrected chi connectivity index (χ0v) is 11.8. The Morgan fingerprint density at radius 3 is 2.62 bits per heavy atom. The minimum Gasteiger partial charge on any atom is -0.316 e. The predicted molar refractivity (Wildman–Crippen MR) is 72.6 cm³/mol. The van der Waals surface area contributed by atoms with Crippen LogP contribution in [-0.2, 0) is 0 Å². The van der Waals surface area contributed by atoms with E-state index in [2.05, 4.69) is 33.0 Å². The fourth-order valence-electron chi connectivity index (χ4n) is 3.20. The maximum atomic E-state index is 3.63. The fraction of sp³-hybridized carbons (Fsp3) is 1.00. The van der Waals surface area contributed by atoms with Crippen molar-refractivity contribution >= 4 is 0 Å². The molecule has 0 aromatic carbocycles. The maximum absolute atomic E-state index is 3.63. The second-order valence-electron chi connectivity index (χ2n) is 5.93. The van der Waals surface area contributed by atoms with Crippen LogP contribution in [0.25, 0.3) is 0 Å². The monoisotopic (exact) mass is 225 g/mol. The molecule has 1 fully saturated rings. The molecule has 0 radical (unpaired) electrons. The zero-order chi connectivity index (χ0) is 12.0. The van der Waals surface area contributed by atoms with Crippen molar-refractivity contribution in [3.05, 3.63) is 0 Å². The SMILES string of the molecule is CCCNCC1CCC(C)CC1C(C)CC. The average Bonchev–Trinajstić information content (AvgIpc) is 2.30. The number of nitrogens with one attached hydrogen (secondary N) is 1. The minimum atomic E-state index is 0.913. The normalized spacial score (nSPS) is 32.6. The van der Waals surface area contributed by atoms with Crippen LogP contribution in [0, 0.1) is 23.7 Å². The molecule has 0 amide bonds. The quantitative estimate of drug-likeness (QED) is 0.672. The van der Waals surface area contributed by atoms with Crippen LogP contribution < -0.4 is 5.32 Å². The van der Waals surface area contributed by atoms with Gasteiger partial charge in [-0.3, -0.25) is 0 Å². The van der Waals surface area contributed by atoms with Crippen LogP contribution in [0.5, 0.6) is 0 Å². The smallest absolute Gasteiger partial charge is 0.00178 e. The van der Waals surface area contributed by atoms with Gasteiger partial charge >= 0.3 is 0 Å². The summed E-state index contributed by atoms with van der Waals surface area (Å²) in [6, 6.07) is 0. The molecule has 0 aromatic rings. The summed E-state index contributed by atoms with van der Waals surface area (Å²) in [5.41, 5.74) is 0. The summed E-state index contributed by atoms with van der Waals surface area (Å²) in [4.78, 5) is 0. The van der Waals surface area contributed by atoms with E-state index in [0.717, 1.165) is 23.7 Å². The van der Waals surface area contributed by atoms with Crippen LogP contribution in [0.2, 0.25) is 0 Å². The third-order valence-corrected chi connectivity index (χ3v) is 4.52. The first-order valence-electron chi connectivity index (χ1n) is 7.39. The Kier molecular flexibility index (Phi) is 6.41. The van der Waals surface area contributed by atoms with Crippen molar-refractivity contribution in [2.45, 2.75) is 59.8 Å². The molecule has 1 rings (SSSR count). The van der Waals surface area contributed by atoms with Crippen LogP contribution in [0.4, 0.5) is 0 Å². The fourth-order valence-corrected chi connectivity index (χ4v) is 3.20. The van der Waals surface area contributed by atoms with Crippen LogP contribution in [-0.4, -0.2) is 13.1 Å². The van der Waals surface area contributed by atoms with Crippen molar-refractivity contribution < 1.29 is 0 Å². The highest BCUT2D eigenvalue weighted by atomic mass is 14.9. The van der Waals surface area contributed by atoms with Crippen LogP contribution in [0.3, 0.4) is 0 Å². The second-order valence-corrected chi connectivity index (χ2v) is 5.93. The van der Waals surface area contributed by atoms with Gasteiger partial charge in [-0.2, -0.15) is 0 Å². The van der Waals surface area contributed by atoms with Gasteiger partial charge in [-0.25, -0.2) is 0 Å². The molecule has 1 aliphatic rings. The van der Waals surface area contributed by atoms with Gasteiger partial charge in [0, 0.05) is 0 Å². The first-order valence-corrected chi connectivity index (χ1v) is 7.39. The first-order chi connectivity index (χ1) is 7.69. The largest absolute Gasteiger partial charge is 0.316 e. The summed E-state index contributed by atoms with van der Waals surface area (Å²) in [6.45, 7) is 11.9. The summed E-state index contributed by atoms with van der Waals surface area (Å²) < 4.78 is 0. The van der Waals surface area contributed by atoms with E-state index in [9.17, 15) is 0 Å². The molecule has 0 aromatic heterocycles. The second kappa shape index (κ2) is 7.32. The van der Waals surface area contributed by atoms with E-state index in [1.54, 1.807) is 0 Å². The Hall–Kier alpha value is -0.0400. The average molecular weight is 225 g/mol. The standard InChI is InChI=1S/C15H31N/c1-5-9-16-11-14-8-7-12(3)10-15(14)13(4)6-2/h12-16H,5-11H2,1-4H3. The van der Waals surface area contributed by atoms with Crippen LogP contribution in [0.15, 0.2) is 0 Å². The molecule has 1 saturated carbocycles. The summed E-state index contributed by atoms with van der Waals surface area (Å²) in [5.74, 6) is 3.79. The van der Waals surface area contributed by atoms with E-state index in [1.807, 2.05) is 0 Å². The van der Waals surface area contributed by atoms with Crippen molar-refractivity contribution in [3.63, 3.8) is 0 Å². The Labute approximate surface area is 102 Å². The lowest BCUT2D eigenvalue weighted by molar-refractivity contribution is 0.130. The summed E-state index contributed by atoms with van der Waals surface area (Å²) in [7, 11) is 0. The van der Waals surface area contributed by atoms with Crippen LogP contribution >= 0.6 is 0 Å². The molecule has 4 unspecified atom stereocenters. The highest BCUT2D eigenvalue weighted by Crippen LogP contribution is 2.38. The Morgan fingerprint density at radius 2 is 2.00 bits per heavy atom. The van der Waals surface area contributed by atoms with Crippen molar-refractivity contribution in [3.8, 4) is 0 Å². The van der Waals surface area contributed by atoms with E-state index in [4.69, 9.17) is 0 Å². The van der Waals surface area contributed by atoms with E-state index in [1.165, 1.54) is 45.2 Å². The Balaban J connectivity index is 2.44. The lowest BCUT2D eigenvalue weighted by atomic mass is 9.69. The number of hydrogen-bond acceptors (Lipinski definition) is 1. The first kappa shape index (κ1) is 14.0. The molecule has 0 aliphatic heterocycles. The number of hydrogen-bond donors (Lipinski definition) is 1. The molecule has 0 heterocycles. The molecule has 16 heavy (non-hydrogen) atoms. The molecule has 1 N–H and O–H groups in total.